The monoisotopic (exact) mass is 344 g/mol. The molecule has 5 nitrogen and oxygen atoms in total. The van der Waals surface area contributed by atoms with E-state index in [-0.39, 0.29) is 13.2 Å². The molecule has 1 aromatic carbocycles. The third-order valence-corrected chi connectivity index (χ3v) is 2.60. The molecule has 1 aromatic rings. The van der Waals surface area contributed by atoms with E-state index in [2.05, 4.69) is 15.9 Å². The van der Waals surface area contributed by atoms with Crippen LogP contribution in [0.15, 0.2) is 30.3 Å². The van der Waals surface area contributed by atoms with Crippen molar-refractivity contribution in [2.75, 3.05) is 38.4 Å². The molecule has 0 aliphatic heterocycles. The average Bonchev–Trinajstić information content (AvgIpc) is 2.50. The Kier molecular flexibility index (Phi) is 8.86. The standard InChI is InChI=1S/C14H17BrO5/c15-6-7-18-8-9-19-10-11-20-14(17)13(16)12-4-2-1-3-5-12/h1-5H,6-11H2. The van der Waals surface area contributed by atoms with Gasteiger partial charge in [-0.2, -0.15) is 0 Å². The number of hydrogen-bond acceptors (Lipinski definition) is 5. The van der Waals surface area contributed by atoms with Crippen molar-refractivity contribution in [2.45, 2.75) is 0 Å². The van der Waals surface area contributed by atoms with Crippen LogP contribution in [0.2, 0.25) is 0 Å². The Hall–Kier alpha value is -1.24. The highest BCUT2D eigenvalue weighted by atomic mass is 79.9. The molecule has 110 valence electrons. The lowest BCUT2D eigenvalue weighted by Gasteiger charge is -2.06. The van der Waals surface area contributed by atoms with E-state index in [0.29, 0.717) is 25.4 Å². The summed E-state index contributed by atoms with van der Waals surface area (Å²) in [5, 5.41) is 0.784. The van der Waals surface area contributed by atoms with Gasteiger partial charge in [-0.1, -0.05) is 46.3 Å². The number of alkyl halides is 1. The molecule has 0 N–H and O–H groups in total. The molecule has 0 saturated carbocycles. The fourth-order valence-electron chi connectivity index (χ4n) is 1.34. The molecule has 0 amide bonds. The van der Waals surface area contributed by atoms with E-state index >= 15 is 0 Å². The average molecular weight is 345 g/mol. The van der Waals surface area contributed by atoms with Crippen molar-refractivity contribution < 1.29 is 23.8 Å². The lowest BCUT2D eigenvalue weighted by molar-refractivity contribution is -0.139. The van der Waals surface area contributed by atoms with Gasteiger partial charge in [-0.25, -0.2) is 4.79 Å². The lowest BCUT2D eigenvalue weighted by Crippen LogP contribution is -2.20. The number of ketones is 1. The molecule has 20 heavy (non-hydrogen) atoms. The molecular formula is C14H17BrO5. The van der Waals surface area contributed by atoms with Gasteiger partial charge in [-0.3, -0.25) is 4.79 Å². The van der Waals surface area contributed by atoms with Crippen LogP contribution in [-0.2, 0) is 19.0 Å². The van der Waals surface area contributed by atoms with Crippen LogP contribution >= 0.6 is 15.9 Å². The summed E-state index contributed by atoms with van der Waals surface area (Å²) < 4.78 is 15.2. The molecule has 0 aliphatic carbocycles. The quantitative estimate of drug-likeness (QED) is 0.213. The zero-order valence-corrected chi connectivity index (χ0v) is 12.6. The molecule has 0 aromatic heterocycles. The van der Waals surface area contributed by atoms with Gasteiger partial charge in [0.25, 0.3) is 5.78 Å². The summed E-state index contributed by atoms with van der Waals surface area (Å²) >= 11 is 3.24. The molecule has 0 unspecified atom stereocenters. The van der Waals surface area contributed by atoms with Crippen LogP contribution in [-0.4, -0.2) is 50.1 Å². The van der Waals surface area contributed by atoms with E-state index in [9.17, 15) is 9.59 Å². The molecule has 0 fully saturated rings. The zero-order chi connectivity index (χ0) is 14.6. The van der Waals surface area contributed by atoms with E-state index in [1.54, 1.807) is 30.3 Å². The van der Waals surface area contributed by atoms with Gasteiger partial charge < -0.3 is 14.2 Å². The van der Waals surface area contributed by atoms with Gasteiger partial charge in [-0.15, -0.1) is 0 Å². The summed E-state index contributed by atoms with van der Waals surface area (Å²) in [6.07, 6.45) is 0. The highest BCUT2D eigenvalue weighted by Crippen LogP contribution is 2.01. The number of carbonyl (C=O) groups is 2. The summed E-state index contributed by atoms with van der Waals surface area (Å²) in [4.78, 5) is 23.1. The molecule has 0 saturated heterocycles. The van der Waals surface area contributed by atoms with Crippen molar-refractivity contribution >= 4 is 27.7 Å². The molecule has 0 aliphatic rings. The first-order chi connectivity index (χ1) is 9.75. The van der Waals surface area contributed by atoms with Crippen LogP contribution < -0.4 is 0 Å². The fourth-order valence-corrected chi connectivity index (χ4v) is 1.57. The Balaban J connectivity index is 2.10. The summed E-state index contributed by atoms with van der Waals surface area (Å²) in [5.74, 6) is -1.51. The first kappa shape index (κ1) is 16.8. The van der Waals surface area contributed by atoms with E-state index in [4.69, 9.17) is 14.2 Å². The predicted octanol–water partition coefficient (Wildman–Crippen LogP) is 1.84. The third kappa shape index (κ3) is 6.79. The number of halogens is 1. The Morgan fingerprint density at radius 3 is 2.15 bits per heavy atom. The highest BCUT2D eigenvalue weighted by molar-refractivity contribution is 9.09. The van der Waals surface area contributed by atoms with Gasteiger partial charge in [0.2, 0.25) is 0 Å². The van der Waals surface area contributed by atoms with Crippen molar-refractivity contribution in [1.82, 2.24) is 0 Å². The van der Waals surface area contributed by atoms with Crippen LogP contribution in [0, 0.1) is 0 Å². The summed E-state index contributed by atoms with van der Waals surface area (Å²) in [6, 6.07) is 8.29. The Morgan fingerprint density at radius 1 is 0.900 bits per heavy atom. The number of carbonyl (C=O) groups excluding carboxylic acids is 2. The maximum atomic E-state index is 11.6. The van der Waals surface area contributed by atoms with E-state index < -0.39 is 11.8 Å². The van der Waals surface area contributed by atoms with Crippen LogP contribution in [0.3, 0.4) is 0 Å². The largest absolute Gasteiger partial charge is 0.457 e. The van der Waals surface area contributed by atoms with Crippen molar-refractivity contribution in [1.29, 1.82) is 0 Å². The zero-order valence-electron chi connectivity index (χ0n) is 11.0. The highest BCUT2D eigenvalue weighted by Gasteiger charge is 2.16. The first-order valence-electron chi connectivity index (χ1n) is 6.23. The van der Waals surface area contributed by atoms with E-state index in [1.807, 2.05) is 0 Å². The molecule has 6 heteroatoms. The number of benzene rings is 1. The summed E-state index contributed by atoms with van der Waals surface area (Å²) in [5.41, 5.74) is 0.321. The molecule has 1 rings (SSSR count). The SMILES string of the molecule is O=C(OCCOCCOCCBr)C(=O)c1ccccc1. The van der Waals surface area contributed by atoms with Gasteiger partial charge in [0, 0.05) is 10.9 Å². The molecular weight excluding hydrogens is 328 g/mol. The molecule has 0 bridgehead atoms. The second-order valence-electron chi connectivity index (χ2n) is 3.74. The second kappa shape index (κ2) is 10.5. The molecule has 0 heterocycles. The van der Waals surface area contributed by atoms with Gasteiger partial charge in [0.1, 0.15) is 6.61 Å². The van der Waals surface area contributed by atoms with Crippen molar-refractivity contribution in [3.05, 3.63) is 35.9 Å². The molecule has 0 radical (unpaired) electrons. The van der Waals surface area contributed by atoms with Crippen LogP contribution in [0.25, 0.3) is 0 Å². The van der Waals surface area contributed by atoms with Crippen LogP contribution in [0.5, 0.6) is 0 Å². The number of ether oxygens (including phenoxy) is 3. The minimum Gasteiger partial charge on any atom is -0.457 e. The van der Waals surface area contributed by atoms with Crippen molar-refractivity contribution in [3.8, 4) is 0 Å². The smallest absolute Gasteiger partial charge is 0.379 e. The maximum Gasteiger partial charge on any atom is 0.379 e. The van der Waals surface area contributed by atoms with Crippen molar-refractivity contribution in [2.24, 2.45) is 0 Å². The van der Waals surface area contributed by atoms with Crippen LogP contribution in [0.1, 0.15) is 10.4 Å². The minimum absolute atomic E-state index is 0.0514. The lowest BCUT2D eigenvalue weighted by atomic mass is 10.1. The van der Waals surface area contributed by atoms with Crippen molar-refractivity contribution in [3.63, 3.8) is 0 Å². The number of hydrogen-bond donors (Lipinski definition) is 0. The van der Waals surface area contributed by atoms with Crippen LogP contribution in [0.4, 0.5) is 0 Å². The minimum atomic E-state index is -0.865. The van der Waals surface area contributed by atoms with Gasteiger partial charge in [0.15, 0.2) is 0 Å². The normalized spacial score (nSPS) is 10.2. The third-order valence-electron chi connectivity index (χ3n) is 2.28. The summed E-state index contributed by atoms with van der Waals surface area (Å²) in [6.45, 7) is 1.84. The Bertz CT molecular complexity index is 407. The Labute approximate surface area is 126 Å². The Morgan fingerprint density at radius 2 is 1.50 bits per heavy atom. The van der Waals surface area contributed by atoms with E-state index in [1.165, 1.54) is 0 Å². The first-order valence-corrected chi connectivity index (χ1v) is 7.36. The topological polar surface area (TPSA) is 61.8 Å². The summed E-state index contributed by atoms with van der Waals surface area (Å²) in [7, 11) is 0. The number of Topliss-reactive ketones (excluding diaryl/α,β-unsaturated/α-hetero) is 1. The molecule has 0 spiro atoms. The predicted molar refractivity (Wildman–Crippen MR) is 77.2 cm³/mol. The van der Waals surface area contributed by atoms with Gasteiger partial charge in [-0.05, 0) is 0 Å². The number of esters is 1. The molecule has 0 atom stereocenters. The van der Waals surface area contributed by atoms with E-state index in [0.717, 1.165) is 5.33 Å². The second-order valence-corrected chi connectivity index (χ2v) is 4.54. The maximum absolute atomic E-state index is 11.6. The number of rotatable bonds is 10. The van der Waals surface area contributed by atoms with Gasteiger partial charge >= 0.3 is 5.97 Å². The van der Waals surface area contributed by atoms with Gasteiger partial charge in [0.05, 0.1) is 26.4 Å². The fraction of sp³-hybridized carbons (Fsp3) is 0.429.